The van der Waals surface area contributed by atoms with Gasteiger partial charge < -0.3 is 14.5 Å². The van der Waals surface area contributed by atoms with Crippen molar-refractivity contribution in [3.8, 4) is 11.5 Å². The van der Waals surface area contributed by atoms with Crippen molar-refractivity contribution < 1.29 is 13.9 Å². The van der Waals surface area contributed by atoms with E-state index in [9.17, 15) is 9.59 Å². The Hall–Kier alpha value is -2.94. The third-order valence-electron chi connectivity index (χ3n) is 3.19. The van der Waals surface area contributed by atoms with Crippen LogP contribution in [0.2, 0.25) is 0 Å². The van der Waals surface area contributed by atoms with E-state index in [2.05, 4.69) is 15.5 Å². The van der Waals surface area contributed by atoms with Crippen molar-refractivity contribution in [2.24, 2.45) is 0 Å². The lowest BCUT2D eigenvalue weighted by molar-refractivity contribution is -0.122. The molecule has 0 bridgehead atoms. The van der Waals surface area contributed by atoms with Gasteiger partial charge in [-0.15, -0.1) is 0 Å². The molecule has 3 rings (SSSR count). The first kappa shape index (κ1) is 15.0. The van der Waals surface area contributed by atoms with E-state index in [0.717, 1.165) is 4.68 Å². The summed E-state index contributed by atoms with van der Waals surface area (Å²) in [6.45, 7) is 0.615. The van der Waals surface area contributed by atoms with Gasteiger partial charge >= 0.3 is 0 Å². The molecule has 1 N–H and O–H groups in total. The molecule has 120 valence electrons. The molecule has 0 saturated heterocycles. The molecule has 0 aliphatic heterocycles. The maximum absolute atomic E-state index is 12.4. The monoisotopic (exact) mass is 317 g/mol. The number of rotatable bonds is 6. The third kappa shape index (κ3) is 3.14. The van der Waals surface area contributed by atoms with Gasteiger partial charge in [-0.1, -0.05) is 0 Å². The Labute approximate surface area is 130 Å². The zero-order valence-corrected chi connectivity index (χ0v) is 12.4. The summed E-state index contributed by atoms with van der Waals surface area (Å²) in [7, 11) is 1.54. The molecule has 9 heteroatoms. The molecule has 0 fully saturated rings. The number of nitrogens with one attached hydrogen (secondary N) is 1. The summed E-state index contributed by atoms with van der Waals surface area (Å²) in [5.41, 5.74) is 0.437. The quantitative estimate of drug-likeness (QED) is 0.637. The zero-order chi connectivity index (χ0) is 16.2. The van der Waals surface area contributed by atoms with E-state index in [-0.39, 0.29) is 12.5 Å². The van der Waals surface area contributed by atoms with Gasteiger partial charge in [0.15, 0.2) is 5.76 Å². The molecule has 0 aromatic carbocycles. The molecule has 23 heavy (non-hydrogen) atoms. The minimum atomic E-state index is -0.403. The van der Waals surface area contributed by atoms with E-state index in [1.54, 1.807) is 25.3 Å². The lowest BCUT2D eigenvalue weighted by atomic mass is 10.3. The molecule has 0 unspecified atom stereocenters. The molecular formula is C14H15N5O4. The topological polar surface area (TPSA) is 104 Å². The Morgan fingerprint density at radius 1 is 1.48 bits per heavy atom. The maximum Gasteiger partial charge on any atom is 0.293 e. The van der Waals surface area contributed by atoms with Crippen molar-refractivity contribution in [3.63, 3.8) is 0 Å². The fourth-order valence-electron chi connectivity index (χ4n) is 2.08. The second-order valence-corrected chi connectivity index (χ2v) is 4.77. The Morgan fingerprint density at radius 3 is 3.09 bits per heavy atom. The third-order valence-corrected chi connectivity index (χ3v) is 3.19. The van der Waals surface area contributed by atoms with Crippen molar-refractivity contribution in [1.29, 1.82) is 0 Å². The van der Waals surface area contributed by atoms with Gasteiger partial charge in [0.2, 0.25) is 5.91 Å². The normalized spacial score (nSPS) is 11.0. The first-order valence-corrected chi connectivity index (χ1v) is 6.94. The van der Waals surface area contributed by atoms with Crippen molar-refractivity contribution in [1.82, 2.24) is 24.7 Å². The molecule has 0 radical (unpaired) electrons. The van der Waals surface area contributed by atoms with Crippen LogP contribution in [0.1, 0.15) is 0 Å². The first-order valence-electron chi connectivity index (χ1n) is 6.94. The summed E-state index contributed by atoms with van der Waals surface area (Å²) in [6, 6.07) is 5.08. The first-order chi connectivity index (χ1) is 11.2. The van der Waals surface area contributed by atoms with E-state index in [4.69, 9.17) is 9.15 Å². The van der Waals surface area contributed by atoms with Gasteiger partial charge in [0.25, 0.3) is 5.56 Å². The number of methoxy groups -OCH3 is 1. The van der Waals surface area contributed by atoms with Gasteiger partial charge in [0.05, 0.1) is 12.9 Å². The van der Waals surface area contributed by atoms with Crippen LogP contribution in [0.25, 0.3) is 17.0 Å². The molecule has 0 aliphatic carbocycles. The number of carbonyl (C=O) groups is 1. The number of nitrogens with zero attached hydrogens (tertiary/aromatic N) is 4. The van der Waals surface area contributed by atoms with Gasteiger partial charge in [-0.05, 0) is 12.1 Å². The molecule has 9 nitrogen and oxygen atoms in total. The molecule has 0 saturated carbocycles. The van der Waals surface area contributed by atoms with Gasteiger partial charge in [-0.3, -0.25) is 9.59 Å². The average Bonchev–Trinajstić information content (AvgIpc) is 3.19. The minimum Gasteiger partial charge on any atom is -0.463 e. The van der Waals surface area contributed by atoms with Crippen molar-refractivity contribution >= 4 is 11.4 Å². The maximum atomic E-state index is 12.4. The lowest BCUT2D eigenvalue weighted by Gasteiger charge is -2.05. The zero-order valence-electron chi connectivity index (χ0n) is 12.4. The predicted octanol–water partition coefficient (Wildman–Crippen LogP) is -0.0864. The van der Waals surface area contributed by atoms with Crippen LogP contribution < -0.4 is 10.9 Å². The smallest absolute Gasteiger partial charge is 0.293 e. The molecular weight excluding hydrogens is 302 g/mol. The highest BCUT2D eigenvalue weighted by Gasteiger charge is 2.13. The van der Waals surface area contributed by atoms with Crippen LogP contribution >= 0.6 is 0 Å². The van der Waals surface area contributed by atoms with Crippen LogP contribution in [0.4, 0.5) is 0 Å². The Bertz CT molecular complexity index is 865. The summed E-state index contributed by atoms with van der Waals surface area (Å²) in [4.78, 5) is 24.1. The molecule has 3 aromatic heterocycles. The fraction of sp³-hybridized carbons (Fsp3) is 0.286. The van der Waals surface area contributed by atoms with E-state index in [0.29, 0.717) is 30.1 Å². The summed E-state index contributed by atoms with van der Waals surface area (Å²) >= 11 is 0. The number of hydrogen-bond donors (Lipinski definition) is 1. The number of carbonyl (C=O) groups excluding carboxylic acids is 1. The van der Waals surface area contributed by atoms with E-state index in [1.165, 1.54) is 17.1 Å². The minimum absolute atomic E-state index is 0.166. The second kappa shape index (κ2) is 6.44. The van der Waals surface area contributed by atoms with Gasteiger partial charge in [-0.25, -0.2) is 9.20 Å². The van der Waals surface area contributed by atoms with Gasteiger partial charge in [0.1, 0.15) is 24.1 Å². The fourth-order valence-corrected chi connectivity index (χ4v) is 2.08. The average molecular weight is 317 g/mol. The standard InChI is InChI=1S/C14H15N5O4/c1-22-6-4-15-13(20)8-18-14(21)11-7-10(12-3-2-5-23-12)17-19(11)9-16-18/h2-3,5,7,9H,4,6,8H2,1H3,(H,15,20). The molecule has 0 spiro atoms. The number of ether oxygens (including phenoxy) is 1. The van der Waals surface area contributed by atoms with E-state index >= 15 is 0 Å². The van der Waals surface area contributed by atoms with Crippen LogP contribution in [0.3, 0.4) is 0 Å². The van der Waals surface area contributed by atoms with Crippen molar-refractivity contribution in [3.05, 3.63) is 41.1 Å². The Balaban J connectivity index is 1.84. The summed E-state index contributed by atoms with van der Waals surface area (Å²) in [5, 5.41) is 10.8. The predicted molar refractivity (Wildman–Crippen MR) is 79.8 cm³/mol. The molecule has 0 atom stereocenters. The van der Waals surface area contributed by atoms with Crippen LogP contribution in [0.5, 0.6) is 0 Å². The largest absolute Gasteiger partial charge is 0.463 e. The SMILES string of the molecule is COCCNC(=O)Cn1ncn2nc(-c3ccco3)cc2c1=O. The Kier molecular flexibility index (Phi) is 4.20. The van der Waals surface area contributed by atoms with Gasteiger partial charge in [-0.2, -0.15) is 10.2 Å². The Morgan fingerprint density at radius 2 is 2.35 bits per heavy atom. The van der Waals surface area contributed by atoms with Crippen molar-refractivity contribution in [2.75, 3.05) is 20.3 Å². The van der Waals surface area contributed by atoms with E-state index < -0.39 is 5.56 Å². The van der Waals surface area contributed by atoms with Gasteiger partial charge in [0, 0.05) is 19.7 Å². The lowest BCUT2D eigenvalue weighted by Crippen LogP contribution is -2.35. The highest BCUT2D eigenvalue weighted by atomic mass is 16.5. The summed E-state index contributed by atoms with van der Waals surface area (Å²) < 4.78 is 12.5. The molecule has 3 aromatic rings. The summed E-state index contributed by atoms with van der Waals surface area (Å²) in [5.74, 6) is 0.240. The number of aromatic nitrogens is 4. The second-order valence-electron chi connectivity index (χ2n) is 4.77. The molecule has 1 amide bonds. The highest BCUT2D eigenvalue weighted by molar-refractivity contribution is 5.75. The van der Waals surface area contributed by atoms with Crippen LogP contribution in [0.15, 0.2) is 40.0 Å². The van der Waals surface area contributed by atoms with Crippen LogP contribution in [-0.4, -0.2) is 45.6 Å². The number of amides is 1. The molecule has 0 aliphatic rings. The summed E-state index contributed by atoms with van der Waals surface area (Å²) in [6.07, 6.45) is 2.91. The van der Waals surface area contributed by atoms with E-state index in [1.807, 2.05) is 0 Å². The van der Waals surface area contributed by atoms with Crippen LogP contribution in [0, 0.1) is 0 Å². The highest BCUT2D eigenvalue weighted by Crippen LogP contribution is 2.18. The number of furan rings is 1. The van der Waals surface area contributed by atoms with Crippen LogP contribution in [-0.2, 0) is 16.1 Å². The number of fused-ring (bicyclic) bond motifs is 1. The number of hydrogen-bond acceptors (Lipinski definition) is 6. The molecule has 3 heterocycles. The van der Waals surface area contributed by atoms with Crippen molar-refractivity contribution in [2.45, 2.75) is 6.54 Å².